The molecule has 0 spiro atoms. The molecule has 34 heavy (non-hydrogen) atoms. The summed E-state index contributed by atoms with van der Waals surface area (Å²) in [4.78, 5) is 13.5. The molecule has 3 aromatic carbocycles. The van der Waals surface area contributed by atoms with Crippen LogP contribution >= 0.6 is 0 Å². The van der Waals surface area contributed by atoms with Crippen molar-refractivity contribution >= 4 is 21.6 Å². The van der Waals surface area contributed by atoms with Crippen LogP contribution in [0.3, 0.4) is 0 Å². The maximum absolute atomic E-state index is 13.8. The molecule has 4 rings (SSSR count). The summed E-state index contributed by atoms with van der Waals surface area (Å²) >= 11 is 0. The second-order valence-corrected chi connectivity index (χ2v) is 10.3. The van der Waals surface area contributed by atoms with E-state index in [0.29, 0.717) is 17.2 Å². The minimum Gasteiger partial charge on any atom is -0.493 e. The summed E-state index contributed by atoms with van der Waals surface area (Å²) < 4.78 is 39.4. The number of amides is 1. The van der Waals surface area contributed by atoms with Crippen LogP contribution in [0.4, 0.5) is 5.69 Å². The molecule has 0 saturated heterocycles. The molecule has 1 aliphatic rings. The van der Waals surface area contributed by atoms with Crippen molar-refractivity contribution in [1.29, 1.82) is 0 Å². The highest BCUT2D eigenvalue weighted by molar-refractivity contribution is 7.89. The molecule has 1 heterocycles. The van der Waals surface area contributed by atoms with E-state index in [2.05, 4.69) is 5.32 Å². The third-order valence-electron chi connectivity index (χ3n) is 6.11. The van der Waals surface area contributed by atoms with Crippen molar-refractivity contribution in [1.82, 2.24) is 4.31 Å². The monoisotopic (exact) mass is 480 g/mol. The lowest BCUT2D eigenvalue weighted by atomic mass is 9.95. The van der Waals surface area contributed by atoms with Crippen molar-refractivity contribution in [3.05, 3.63) is 82.9 Å². The maximum Gasteiger partial charge on any atom is 0.244 e. The minimum absolute atomic E-state index is 0.0360. The molecule has 0 aliphatic carbocycles. The molecular weight excluding hydrogens is 452 g/mol. The van der Waals surface area contributed by atoms with E-state index >= 15 is 0 Å². The van der Waals surface area contributed by atoms with Gasteiger partial charge in [0.1, 0.15) is 6.04 Å². The molecule has 0 aromatic heterocycles. The quantitative estimate of drug-likeness (QED) is 0.575. The Labute approximate surface area is 200 Å². The van der Waals surface area contributed by atoms with Gasteiger partial charge in [-0.3, -0.25) is 4.79 Å². The van der Waals surface area contributed by atoms with Gasteiger partial charge in [-0.05, 0) is 55.2 Å². The van der Waals surface area contributed by atoms with E-state index in [0.717, 1.165) is 22.3 Å². The van der Waals surface area contributed by atoms with Gasteiger partial charge in [-0.15, -0.1) is 0 Å². The Hall–Kier alpha value is -3.36. The molecule has 178 valence electrons. The van der Waals surface area contributed by atoms with Crippen molar-refractivity contribution in [2.24, 2.45) is 0 Å². The predicted molar refractivity (Wildman–Crippen MR) is 131 cm³/mol. The summed E-state index contributed by atoms with van der Waals surface area (Å²) in [5.74, 6) is 0.359. The van der Waals surface area contributed by atoms with Crippen molar-refractivity contribution in [3.8, 4) is 11.5 Å². The number of hydrogen-bond donors (Lipinski definition) is 1. The number of sulfonamides is 1. The highest BCUT2D eigenvalue weighted by atomic mass is 32.2. The zero-order valence-corrected chi connectivity index (χ0v) is 20.5. The van der Waals surface area contributed by atoms with Crippen molar-refractivity contribution < 1.29 is 22.7 Å². The zero-order valence-electron chi connectivity index (χ0n) is 19.7. The van der Waals surface area contributed by atoms with E-state index in [4.69, 9.17) is 9.47 Å². The maximum atomic E-state index is 13.8. The van der Waals surface area contributed by atoms with Gasteiger partial charge >= 0.3 is 0 Å². The summed E-state index contributed by atoms with van der Waals surface area (Å²) in [5, 5.41) is 2.94. The minimum atomic E-state index is -4.03. The lowest BCUT2D eigenvalue weighted by molar-refractivity contribution is -0.120. The van der Waals surface area contributed by atoms with Crippen LogP contribution in [0.1, 0.15) is 22.3 Å². The van der Waals surface area contributed by atoms with Crippen molar-refractivity contribution in [2.45, 2.75) is 37.8 Å². The number of hydrogen-bond acceptors (Lipinski definition) is 5. The Kier molecular flexibility index (Phi) is 6.63. The number of aryl methyl sites for hydroxylation is 2. The average molecular weight is 481 g/mol. The molecule has 1 N–H and O–H groups in total. The molecule has 0 unspecified atom stereocenters. The van der Waals surface area contributed by atoms with Gasteiger partial charge in [0.25, 0.3) is 0 Å². The molecule has 1 amide bonds. The molecule has 0 fully saturated rings. The highest BCUT2D eigenvalue weighted by Crippen LogP contribution is 2.34. The van der Waals surface area contributed by atoms with E-state index in [1.807, 2.05) is 56.3 Å². The van der Waals surface area contributed by atoms with Gasteiger partial charge in [-0.25, -0.2) is 8.42 Å². The smallest absolute Gasteiger partial charge is 0.244 e. The summed E-state index contributed by atoms with van der Waals surface area (Å²) in [7, 11) is -1.09. The molecular formula is C26H28N2O5S. The molecule has 7 nitrogen and oxygen atoms in total. The van der Waals surface area contributed by atoms with Crippen LogP contribution in [-0.4, -0.2) is 38.9 Å². The normalized spacial score (nSPS) is 15.9. The van der Waals surface area contributed by atoms with Gasteiger partial charge in [-0.2, -0.15) is 4.31 Å². The first-order valence-corrected chi connectivity index (χ1v) is 12.4. The Balaban J connectivity index is 1.74. The van der Waals surface area contributed by atoms with Crippen molar-refractivity contribution in [3.63, 3.8) is 0 Å². The summed E-state index contributed by atoms with van der Waals surface area (Å²) in [6.07, 6.45) is 0.277. The molecule has 8 heteroatoms. The highest BCUT2D eigenvalue weighted by Gasteiger charge is 2.40. The van der Waals surface area contributed by atoms with E-state index in [-0.39, 0.29) is 23.8 Å². The molecule has 1 aliphatic heterocycles. The first-order chi connectivity index (χ1) is 16.2. The lowest BCUT2D eigenvalue weighted by Gasteiger charge is -2.35. The number of anilines is 1. The molecule has 0 saturated carbocycles. The van der Waals surface area contributed by atoms with Crippen LogP contribution in [0, 0.1) is 13.8 Å². The summed E-state index contributed by atoms with van der Waals surface area (Å²) in [6.45, 7) is 3.99. The first kappa shape index (κ1) is 23.8. The fraction of sp³-hybridized carbons (Fsp3) is 0.269. The van der Waals surface area contributed by atoms with Crippen molar-refractivity contribution in [2.75, 3.05) is 19.5 Å². The van der Waals surface area contributed by atoms with Gasteiger partial charge in [0.15, 0.2) is 11.5 Å². The third-order valence-corrected chi connectivity index (χ3v) is 7.96. The van der Waals surface area contributed by atoms with Crippen LogP contribution in [0.25, 0.3) is 0 Å². The number of nitrogens with one attached hydrogen (secondary N) is 1. The van der Waals surface area contributed by atoms with Gasteiger partial charge < -0.3 is 14.8 Å². The Morgan fingerprint density at radius 1 is 0.941 bits per heavy atom. The van der Waals surface area contributed by atoms with Gasteiger partial charge in [-0.1, -0.05) is 42.0 Å². The van der Waals surface area contributed by atoms with Crippen LogP contribution in [0.5, 0.6) is 11.5 Å². The van der Waals surface area contributed by atoms with E-state index in [1.165, 1.54) is 30.7 Å². The van der Waals surface area contributed by atoms with Crippen LogP contribution in [0.2, 0.25) is 0 Å². The predicted octanol–water partition coefficient (Wildman–Crippen LogP) is 4.07. The zero-order chi connectivity index (χ0) is 24.5. The van der Waals surface area contributed by atoms with Gasteiger partial charge in [0.2, 0.25) is 15.9 Å². The number of benzene rings is 3. The Morgan fingerprint density at radius 2 is 1.65 bits per heavy atom. The number of ether oxygens (including phenoxy) is 2. The fourth-order valence-electron chi connectivity index (χ4n) is 4.26. The summed E-state index contributed by atoms with van der Waals surface area (Å²) in [6, 6.07) is 16.9. The van der Waals surface area contributed by atoms with Crippen LogP contribution < -0.4 is 14.8 Å². The fourth-order valence-corrected chi connectivity index (χ4v) is 5.84. The van der Waals surface area contributed by atoms with E-state index < -0.39 is 16.1 Å². The molecule has 0 bridgehead atoms. The molecule has 0 radical (unpaired) electrons. The van der Waals surface area contributed by atoms with Gasteiger partial charge in [0.05, 0.1) is 19.1 Å². The standard InChI is InChI=1S/C26H28N2O5S/c1-17-9-11-22(18(2)13-17)27-26(29)23-14-19-7-5-6-8-20(19)16-28(23)34(30,31)21-10-12-24(32-3)25(15-21)33-4/h5-13,15,23H,14,16H2,1-4H3,(H,27,29)/t23-/m1/s1. The number of nitrogens with zero attached hydrogens (tertiary/aromatic N) is 1. The van der Waals surface area contributed by atoms with Crippen LogP contribution in [-0.2, 0) is 27.8 Å². The second-order valence-electron chi connectivity index (χ2n) is 8.36. The first-order valence-electron chi connectivity index (χ1n) is 10.9. The Bertz CT molecular complexity index is 1340. The van der Waals surface area contributed by atoms with Gasteiger partial charge in [0, 0.05) is 18.3 Å². The number of carbonyl (C=O) groups is 1. The third kappa shape index (κ3) is 4.51. The largest absolute Gasteiger partial charge is 0.493 e. The van der Waals surface area contributed by atoms with E-state index in [1.54, 1.807) is 6.07 Å². The summed E-state index contributed by atoms with van der Waals surface area (Å²) in [5.41, 5.74) is 4.50. The number of carbonyl (C=O) groups excluding carboxylic acids is 1. The molecule has 3 aromatic rings. The number of methoxy groups -OCH3 is 2. The topological polar surface area (TPSA) is 84.9 Å². The number of rotatable bonds is 6. The Morgan fingerprint density at radius 3 is 2.32 bits per heavy atom. The van der Waals surface area contributed by atoms with Crippen LogP contribution in [0.15, 0.2) is 65.6 Å². The molecule has 1 atom stereocenters. The lowest BCUT2D eigenvalue weighted by Crippen LogP contribution is -2.50. The second kappa shape index (κ2) is 9.48. The number of fused-ring (bicyclic) bond motifs is 1. The average Bonchev–Trinajstić information content (AvgIpc) is 2.84. The van der Waals surface area contributed by atoms with E-state index in [9.17, 15) is 13.2 Å². The SMILES string of the molecule is COc1ccc(S(=O)(=O)N2Cc3ccccc3C[C@@H]2C(=O)Nc2ccc(C)cc2C)cc1OC.